The third-order valence-corrected chi connectivity index (χ3v) is 3.43. The van der Waals surface area contributed by atoms with Gasteiger partial charge in [0, 0.05) is 20.2 Å². The fraction of sp³-hybridized carbons (Fsp3) is 0.467. The minimum atomic E-state index is -0.946. The number of hydrogen-bond donors (Lipinski definition) is 1. The Bertz CT molecular complexity index is 497. The van der Waals surface area contributed by atoms with Gasteiger partial charge in [0.25, 0.3) is 0 Å². The zero-order valence-electron chi connectivity index (χ0n) is 11.7. The van der Waals surface area contributed by atoms with Gasteiger partial charge in [-0.05, 0) is 31.0 Å². The van der Waals surface area contributed by atoms with Gasteiger partial charge in [0.15, 0.2) is 0 Å². The molecule has 1 aromatic carbocycles. The summed E-state index contributed by atoms with van der Waals surface area (Å²) in [6.07, 6.45) is 0.874. The van der Waals surface area contributed by atoms with E-state index in [1.54, 1.807) is 36.2 Å². The summed E-state index contributed by atoms with van der Waals surface area (Å²) in [6, 6.07) is 6.58. The Morgan fingerprint density at radius 2 is 2.00 bits per heavy atom. The molecule has 1 fully saturated rings. The van der Waals surface area contributed by atoms with Gasteiger partial charge in [0.2, 0.25) is 5.91 Å². The number of ether oxygens (including phenoxy) is 1. The number of carbonyl (C=O) groups is 2. The van der Waals surface area contributed by atoms with Gasteiger partial charge in [-0.1, -0.05) is 12.1 Å². The van der Waals surface area contributed by atoms with Crippen molar-refractivity contribution in [3.8, 4) is 0 Å². The van der Waals surface area contributed by atoms with E-state index < -0.39 is 5.97 Å². The monoisotopic (exact) mass is 277 g/mol. The standard InChI is InChI=1S/C15H19NO4/c1-3-20-13-8-12(13)14(17)16(2)9-10-4-6-11(7-5-10)15(18)19/h4-7,12-13H,3,8-9H2,1-2H3,(H,18,19)/t12-,13+/m1/s1. The lowest BCUT2D eigenvalue weighted by Gasteiger charge is -2.17. The number of amides is 1. The maximum absolute atomic E-state index is 12.1. The highest BCUT2D eigenvalue weighted by Gasteiger charge is 2.45. The van der Waals surface area contributed by atoms with Crippen molar-refractivity contribution < 1.29 is 19.4 Å². The van der Waals surface area contributed by atoms with E-state index in [1.165, 1.54) is 0 Å². The Morgan fingerprint density at radius 3 is 2.55 bits per heavy atom. The van der Waals surface area contributed by atoms with E-state index in [2.05, 4.69) is 0 Å². The molecule has 1 aliphatic rings. The summed E-state index contributed by atoms with van der Waals surface area (Å²) in [6.45, 7) is 3.04. The summed E-state index contributed by atoms with van der Waals surface area (Å²) < 4.78 is 5.42. The molecule has 2 atom stereocenters. The lowest BCUT2D eigenvalue weighted by atomic mass is 10.1. The predicted molar refractivity (Wildman–Crippen MR) is 73.4 cm³/mol. The SMILES string of the molecule is CCO[C@H]1C[C@H]1C(=O)N(C)Cc1ccc(C(=O)O)cc1. The van der Waals surface area contributed by atoms with Crippen LogP contribution in [0.1, 0.15) is 29.3 Å². The topological polar surface area (TPSA) is 66.8 Å². The summed E-state index contributed by atoms with van der Waals surface area (Å²) >= 11 is 0. The van der Waals surface area contributed by atoms with Gasteiger partial charge in [-0.3, -0.25) is 4.79 Å². The van der Waals surface area contributed by atoms with E-state index in [0.717, 1.165) is 12.0 Å². The van der Waals surface area contributed by atoms with Gasteiger partial charge in [-0.15, -0.1) is 0 Å². The van der Waals surface area contributed by atoms with E-state index in [9.17, 15) is 9.59 Å². The minimum absolute atomic E-state index is 0.0155. The molecule has 5 heteroatoms. The van der Waals surface area contributed by atoms with Crippen molar-refractivity contribution in [2.45, 2.75) is 26.0 Å². The molecule has 1 amide bonds. The number of nitrogens with zero attached hydrogens (tertiary/aromatic N) is 1. The summed E-state index contributed by atoms with van der Waals surface area (Å²) in [5.74, 6) is -0.873. The Labute approximate surface area is 118 Å². The highest BCUT2D eigenvalue weighted by molar-refractivity contribution is 5.87. The molecule has 5 nitrogen and oxygen atoms in total. The highest BCUT2D eigenvalue weighted by Crippen LogP contribution is 2.35. The molecule has 1 aromatic rings. The van der Waals surface area contributed by atoms with E-state index in [4.69, 9.17) is 9.84 Å². The molecule has 0 radical (unpaired) electrons. The summed E-state index contributed by atoms with van der Waals surface area (Å²) in [7, 11) is 1.76. The number of benzene rings is 1. The van der Waals surface area contributed by atoms with Crippen LogP contribution in [0.5, 0.6) is 0 Å². The summed E-state index contributed by atoms with van der Waals surface area (Å²) in [5.41, 5.74) is 1.17. The van der Waals surface area contributed by atoms with Crippen LogP contribution in [-0.2, 0) is 16.1 Å². The molecule has 0 saturated heterocycles. The Balaban J connectivity index is 1.89. The van der Waals surface area contributed by atoms with Crippen LogP contribution in [0.3, 0.4) is 0 Å². The molecule has 1 aliphatic carbocycles. The number of carboxylic acids is 1. The quantitative estimate of drug-likeness (QED) is 0.860. The lowest BCUT2D eigenvalue weighted by molar-refractivity contribution is -0.132. The first-order valence-corrected chi connectivity index (χ1v) is 6.71. The van der Waals surface area contributed by atoms with Crippen molar-refractivity contribution in [3.63, 3.8) is 0 Å². The van der Waals surface area contributed by atoms with Crippen molar-refractivity contribution in [1.29, 1.82) is 0 Å². The first kappa shape index (κ1) is 14.5. The zero-order chi connectivity index (χ0) is 14.7. The number of aromatic carboxylic acids is 1. The molecule has 0 aromatic heterocycles. The second kappa shape index (κ2) is 6.05. The molecule has 0 unspecified atom stereocenters. The predicted octanol–water partition coefficient (Wildman–Crippen LogP) is 1.77. The fourth-order valence-corrected chi connectivity index (χ4v) is 2.22. The average Bonchev–Trinajstić information content (AvgIpc) is 3.18. The molecule has 1 N–H and O–H groups in total. The Hall–Kier alpha value is -1.88. The maximum atomic E-state index is 12.1. The van der Waals surface area contributed by atoms with Crippen LogP contribution in [0.2, 0.25) is 0 Å². The highest BCUT2D eigenvalue weighted by atomic mass is 16.5. The lowest BCUT2D eigenvalue weighted by Crippen LogP contribution is -2.28. The normalized spacial score (nSPS) is 20.5. The second-order valence-corrected chi connectivity index (χ2v) is 5.03. The number of hydrogen-bond acceptors (Lipinski definition) is 3. The Morgan fingerprint density at radius 1 is 1.35 bits per heavy atom. The molecule has 0 bridgehead atoms. The molecule has 0 heterocycles. The van der Waals surface area contributed by atoms with Crippen LogP contribution in [0.25, 0.3) is 0 Å². The third kappa shape index (κ3) is 3.36. The van der Waals surface area contributed by atoms with Crippen LogP contribution < -0.4 is 0 Å². The largest absolute Gasteiger partial charge is 0.478 e. The summed E-state index contributed by atoms with van der Waals surface area (Å²) in [4.78, 5) is 24.5. The van der Waals surface area contributed by atoms with Crippen LogP contribution in [0, 0.1) is 5.92 Å². The number of rotatable bonds is 6. The fourth-order valence-electron chi connectivity index (χ4n) is 2.22. The van der Waals surface area contributed by atoms with Gasteiger partial charge in [-0.2, -0.15) is 0 Å². The molecular weight excluding hydrogens is 258 g/mol. The molecule has 20 heavy (non-hydrogen) atoms. The number of carbonyl (C=O) groups excluding carboxylic acids is 1. The van der Waals surface area contributed by atoms with Gasteiger partial charge < -0.3 is 14.7 Å². The van der Waals surface area contributed by atoms with Crippen LogP contribution in [0.15, 0.2) is 24.3 Å². The van der Waals surface area contributed by atoms with Gasteiger partial charge in [0.1, 0.15) is 0 Å². The molecule has 2 rings (SSSR count). The van der Waals surface area contributed by atoms with Crippen molar-refractivity contribution in [1.82, 2.24) is 4.90 Å². The summed E-state index contributed by atoms with van der Waals surface area (Å²) in [5, 5.41) is 8.83. The van der Waals surface area contributed by atoms with E-state index in [1.807, 2.05) is 6.92 Å². The molecule has 1 saturated carbocycles. The molecular formula is C15H19NO4. The van der Waals surface area contributed by atoms with E-state index in [0.29, 0.717) is 13.2 Å². The molecule has 0 aliphatic heterocycles. The zero-order valence-corrected chi connectivity index (χ0v) is 11.7. The van der Waals surface area contributed by atoms with Crippen molar-refractivity contribution in [2.24, 2.45) is 5.92 Å². The molecule has 108 valence electrons. The van der Waals surface area contributed by atoms with Crippen molar-refractivity contribution in [3.05, 3.63) is 35.4 Å². The van der Waals surface area contributed by atoms with Gasteiger partial charge in [-0.25, -0.2) is 4.79 Å². The third-order valence-electron chi connectivity index (χ3n) is 3.43. The molecule has 0 spiro atoms. The van der Waals surface area contributed by atoms with E-state index >= 15 is 0 Å². The Kier molecular flexibility index (Phi) is 4.39. The van der Waals surface area contributed by atoms with Gasteiger partial charge in [0.05, 0.1) is 17.6 Å². The first-order valence-electron chi connectivity index (χ1n) is 6.71. The van der Waals surface area contributed by atoms with Crippen LogP contribution in [-0.4, -0.2) is 41.6 Å². The maximum Gasteiger partial charge on any atom is 0.335 e. The van der Waals surface area contributed by atoms with Gasteiger partial charge >= 0.3 is 5.97 Å². The van der Waals surface area contributed by atoms with Crippen molar-refractivity contribution in [2.75, 3.05) is 13.7 Å². The first-order chi connectivity index (χ1) is 9.52. The van der Waals surface area contributed by atoms with Crippen molar-refractivity contribution >= 4 is 11.9 Å². The smallest absolute Gasteiger partial charge is 0.335 e. The van der Waals surface area contributed by atoms with Crippen LogP contribution >= 0.6 is 0 Å². The minimum Gasteiger partial charge on any atom is -0.478 e. The van der Waals surface area contributed by atoms with E-state index in [-0.39, 0.29) is 23.5 Å². The van der Waals surface area contributed by atoms with Crippen LogP contribution in [0.4, 0.5) is 0 Å². The average molecular weight is 277 g/mol. The number of carboxylic acid groups (broad SMARTS) is 1. The second-order valence-electron chi connectivity index (χ2n) is 5.03.